The van der Waals surface area contributed by atoms with Gasteiger partial charge in [0.2, 0.25) is 0 Å². The third-order valence-electron chi connectivity index (χ3n) is 12.4. The minimum Gasteiger partial charge on any atom is -0.493 e. The Morgan fingerprint density at radius 3 is 1.31 bits per heavy atom. The van der Waals surface area contributed by atoms with Crippen molar-refractivity contribution >= 4 is 39.8 Å². The van der Waals surface area contributed by atoms with Crippen LogP contribution in [0, 0.1) is 0 Å². The number of methoxy groups -OCH3 is 2. The molecule has 2 aromatic rings. The first-order valence-electron chi connectivity index (χ1n) is 20.9. The van der Waals surface area contributed by atoms with Crippen LogP contribution in [0.4, 0.5) is 11.4 Å². The Morgan fingerprint density at radius 1 is 0.627 bits per heavy atom. The molecule has 12 nitrogen and oxygen atoms in total. The van der Waals surface area contributed by atoms with Crippen molar-refractivity contribution < 1.29 is 37.4 Å². The van der Waals surface area contributed by atoms with E-state index in [4.69, 9.17) is 39.3 Å². The average Bonchev–Trinajstić information content (AvgIpc) is 3.72. The summed E-state index contributed by atoms with van der Waals surface area (Å²) in [5.41, 5.74) is 16.6. The van der Waals surface area contributed by atoms with Gasteiger partial charge in [0.15, 0.2) is 39.6 Å². The fourth-order valence-electron chi connectivity index (χ4n) is 6.59. The number of nitrogens with zero attached hydrogens (tertiary/aromatic N) is 2. The van der Waals surface area contributed by atoms with Crippen molar-refractivity contribution in [3.8, 4) is 23.0 Å². The Morgan fingerprint density at radius 2 is 0.983 bits per heavy atom. The number of carbonyl (C=O) groups is 2. The second kappa shape index (κ2) is 19.2. The van der Waals surface area contributed by atoms with Gasteiger partial charge in [0.25, 0.3) is 11.8 Å². The molecule has 0 fully saturated rings. The predicted molar refractivity (Wildman–Crippen MR) is 243 cm³/mol. The first-order valence-corrected chi connectivity index (χ1v) is 26.7. The van der Waals surface area contributed by atoms with Gasteiger partial charge in [-0.2, -0.15) is 0 Å². The lowest BCUT2D eigenvalue weighted by Gasteiger charge is -2.38. The molecule has 4 N–H and O–H groups in total. The summed E-state index contributed by atoms with van der Waals surface area (Å²) in [4.78, 5) is 31.2. The molecule has 0 bridgehead atoms. The molecule has 14 heteroatoms. The molecule has 0 aromatic heterocycles. The van der Waals surface area contributed by atoms with Crippen molar-refractivity contribution in [3.63, 3.8) is 0 Å². The summed E-state index contributed by atoms with van der Waals surface area (Å²) in [6.07, 6.45) is 7.63. The summed E-state index contributed by atoms with van der Waals surface area (Å²) in [6.45, 7) is 28.0. The van der Waals surface area contributed by atoms with Crippen LogP contribution < -0.4 is 30.4 Å². The van der Waals surface area contributed by atoms with Crippen molar-refractivity contribution in [1.29, 1.82) is 0 Å². The molecule has 4 rings (SSSR count). The predicted octanol–water partition coefficient (Wildman–Crippen LogP) is 9.78. The second-order valence-corrected chi connectivity index (χ2v) is 28.8. The molecular formula is C45H72N4O8Si2. The molecule has 2 amide bonds. The summed E-state index contributed by atoms with van der Waals surface area (Å²) in [5, 5.41) is 0.142. The summed E-state index contributed by atoms with van der Waals surface area (Å²) in [5.74, 6) is 1.46. The highest BCUT2D eigenvalue weighted by Gasteiger charge is 2.41. The molecule has 0 spiro atoms. The van der Waals surface area contributed by atoms with Gasteiger partial charge in [0, 0.05) is 35.9 Å². The molecule has 328 valence electrons. The molecule has 2 aliphatic rings. The third-order valence-corrected chi connectivity index (χ3v) is 21.4. The highest BCUT2D eigenvalue weighted by Crippen LogP contribution is 2.40. The topological polar surface area (TPSA) is 148 Å². The number of hydrogen-bond donors (Lipinski definition) is 2. The van der Waals surface area contributed by atoms with Crippen LogP contribution >= 0.6 is 0 Å². The lowest BCUT2D eigenvalue weighted by atomic mass is 10.1. The molecule has 2 aromatic carbocycles. The molecule has 2 aliphatic heterocycles. The maximum absolute atomic E-state index is 13.9. The van der Waals surface area contributed by atoms with Crippen LogP contribution in [-0.4, -0.2) is 91.0 Å². The van der Waals surface area contributed by atoms with Gasteiger partial charge < -0.3 is 49.1 Å². The van der Waals surface area contributed by atoms with Crippen molar-refractivity contribution in [2.45, 2.75) is 136 Å². The number of amides is 2. The highest BCUT2D eigenvalue weighted by atomic mass is 28.4. The van der Waals surface area contributed by atoms with E-state index in [1.807, 2.05) is 26.2 Å². The normalized spacial score (nSPS) is 17.5. The third kappa shape index (κ3) is 11.6. The van der Waals surface area contributed by atoms with Gasteiger partial charge in [0.05, 0.1) is 63.9 Å². The summed E-state index contributed by atoms with van der Waals surface area (Å²) in [7, 11) is -0.884. The first-order chi connectivity index (χ1) is 27.4. The van der Waals surface area contributed by atoms with Crippen LogP contribution in [0.15, 0.2) is 47.8 Å². The molecule has 0 saturated carbocycles. The van der Waals surface area contributed by atoms with E-state index in [1.165, 1.54) is 0 Å². The van der Waals surface area contributed by atoms with E-state index in [1.54, 1.807) is 48.3 Å². The number of unbranched alkanes of at least 4 members (excludes halogenated alkanes) is 2. The quantitative estimate of drug-likeness (QED) is 0.0844. The molecule has 2 heterocycles. The van der Waals surface area contributed by atoms with Crippen LogP contribution in [-0.2, 0) is 8.85 Å². The number of anilines is 2. The summed E-state index contributed by atoms with van der Waals surface area (Å²) < 4.78 is 36.5. The SMILES string of the molecule is COc1cc(C(=O)N2C=C(C)CC2CO[Si](C)(C)C(C)(C)C)c(N)cc1OCCCCCOc1cc(N)c(C(=O)N2C=C(C)C[C@H]2CO[Si](C)(C)C(C)(C)C)cc1OC. The number of nitrogen functional groups attached to an aromatic ring is 2. The van der Waals surface area contributed by atoms with Gasteiger partial charge in [-0.05, 0) is 94.3 Å². The standard InChI is InChI=1S/C45H72N4O8Si2/c1-30-20-32(28-56-58(11,12)44(3,4)5)48(26-30)42(50)34-22-38(52-9)40(24-36(34)46)54-18-16-15-17-19-55-41-25-37(47)35(23-39(41)53-10)43(51)49-27-31(2)21-33(49)29-57-59(13,14)45(6,7)8/h22-27,32-33H,15-21,28-29,46-47H2,1-14H3/t32-,33?/m0/s1. The van der Waals surface area contributed by atoms with Gasteiger partial charge in [-0.25, -0.2) is 0 Å². The maximum atomic E-state index is 13.9. The zero-order valence-electron chi connectivity index (χ0n) is 38.3. The monoisotopic (exact) mass is 852 g/mol. The molecule has 0 saturated heterocycles. The Bertz CT molecular complexity index is 1750. The van der Waals surface area contributed by atoms with Crippen molar-refractivity contribution in [2.24, 2.45) is 0 Å². The van der Waals surface area contributed by atoms with E-state index in [-0.39, 0.29) is 34.0 Å². The van der Waals surface area contributed by atoms with Crippen molar-refractivity contribution in [2.75, 3.05) is 52.1 Å². The van der Waals surface area contributed by atoms with E-state index in [2.05, 4.69) is 67.7 Å². The van der Waals surface area contributed by atoms with Crippen molar-refractivity contribution in [3.05, 3.63) is 58.9 Å². The van der Waals surface area contributed by atoms with E-state index in [0.29, 0.717) is 71.9 Å². The van der Waals surface area contributed by atoms with Gasteiger partial charge in [-0.1, -0.05) is 52.7 Å². The zero-order valence-corrected chi connectivity index (χ0v) is 40.3. The maximum Gasteiger partial charge on any atom is 0.260 e. The molecule has 0 aliphatic carbocycles. The van der Waals surface area contributed by atoms with Crippen LogP contribution in [0.1, 0.15) is 108 Å². The smallest absolute Gasteiger partial charge is 0.260 e. The van der Waals surface area contributed by atoms with Crippen LogP contribution in [0.2, 0.25) is 36.3 Å². The fraction of sp³-hybridized carbons (Fsp3) is 0.600. The number of rotatable bonds is 18. The molecule has 59 heavy (non-hydrogen) atoms. The Balaban J connectivity index is 1.29. The number of nitrogens with two attached hydrogens (primary N) is 2. The molecule has 1 unspecified atom stereocenters. The molecule has 0 radical (unpaired) electrons. The van der Waals surface area contributed by atoms with Crippen LogP contribution in [0.3, 0.4) is 0 Å². The lowest BCUT2D eigenvalue weighted by molar-refractivity contribution is 0.0731. The van der Waals surface area contributed by atoms with Gasteiger partial charge in [0.1, 0.15) is 0 Å². The first kappa shape index (κ1) is 47.7. The van der Waals surface area contributed by atoms with Gasteiger partial charge in [-0.15, -0.1) is 0 Å². The van der Waals surface area contributed by atoms with Gasteiger partial charge in [-0.3, -0.25) is 9.59 Å². The average molecular weight is 853 g/mol. The Hall–Kier alpha value is -3.99. The van der Waals surface area contributed by atoms with Gasteiger partial charge >= 0.3 is 0 Å². The largest absolute Gasteiger partial charge is 0.493 e. The summed E-state index contributed by atoms with van der Waals surface area (Å²) in [6, 6.07) is 6.46. The van der Waals surface area contributed by atoms with Crippen LogP contribution in [0.5, 0.6) is 23.0 Å². The number of hydrogen-bond acceptors (Lipinski definition) is 10. The minimum absolute atomic E-state index is 0.0711. The molecular weight excluding hydrogens is 781 g/mol. The Labute approximate surface area is 355 Å². The van der Waals surface area contributed by atoms with E-state index < -0.39 is 16.6 Å². The number of carbonyl (C=O) groups excluding carboxylic acids is 2. The lowest BCUT2D eigenvalue weighted by Crippen LogP contribution is -2.45. The van der Waals surface area contributed by atoms with E-state index in [0.717, 1.165) is 43.3 Å². The summed E-state index contributed by atoms with van der Waals surface area (Å²) >= 11 is 0. The second-order valence-electron chi connectivity index (χ2n) is 19.2. The van der Waals surface area contributed by atoms with Crippen molar-refractivity contribution in [1.82, 2.24) is 9.80 Å². The number of benzene rings is 2. The zero-order chi connectivity index (χ0) is 44.1. The number of ether oxygens (including phenoxy) is 4. The molecule has 2 atom stereocenters. The highest BCUT2D eigenvalue weighted by molar-refractivity contribution is 6.74. The van der Waals surface area contributed by atoms with E-state index in [9.17, 15) is 9.59 Å². The van der Waals surface area contributed by atoms with Crippen LogP contribution in [0.25, 0.3) is 0 Å². The Kier molecular flexibility index (Phi) is 15.5. The minimum atomic E-state index is -1.99. The van der Waals surface area contributed by atoms with E-state index >= 15 is 0 Å². The fourth-order valence-corrected chi connectivity index (χ4v) is 8.67.